The van der Waals surface area contributed by atoms with Crippen LogP contribution in [0, 0.1) is 0 Å². The van der Waals surface area contributed by atoms with E-state index in [1.54, 1.807) is 7.11 Å². The Kier molecular flexibility index (Phi) is 3.48. The zero-order valence-electron chi connectivity index (χ0n) is 7.58. The minimum absolute atomic E-state index is 0.0815. The van der Waals surface area contributed by atoms with Crippen molar-refractivity contribution >= 4 is 22.2 Å². The van der Waals surface area contributed by atoms with Crippen molar-refractivity contribution in [1.29, 1.82) is 0 Å². The lowest BCUT2D eigenvalue weighted by Gasteiger charge is -2.08. The Balaban J connectivity index is 3.05. The number of halogens is 1. The van der Waals surface area contributed by atoms with Gasteiger partial charge in [-0.3, -0.25) is 0 Å². The van der Waals surface area contributed by atoms with Crippen molar-refractivity contribution < 1.29 is 9.53 Å². The van der Waals surface area contributed by atoms with E-state index < -0.39 is 0 Å². The fraction of sp³-hybridized carbons (Fsp3) is 0.300. The molecule has 0 heterocycles. The van der Waals surface area contributed by atoms with E-state index in [0.717, 1.165) is 22.1 Å². The summed E-state index contributed by atoms with van der Waals surface area (Å²) in [6.45, 7) is 1.86. The molecule has 0 N–H and O–H groups in total. The van der Waals surface area contributed by atoms with E-state index in [-0.39, 0.29) is 5.92 Å². The van der Waals surface area contributed by atoms with Gasteiger partial charge in [-0.2, -0.15) is 0 Å². The number of methoxy groups -OCH3 is 1. The second-order valence-corrected chi connectivity index (χ2v) is 3.67. The smallest absolute Gasteiger partial charge is 0.133 e. The molecule has 0 spiro atoms. The molecular formula is C10H11BrO2. The first-order valence-corrected chi connectivity index (χ1v) is 4.77. The molecule has 1 aromatic rings. The number of rotatable bonds is 3. The van der Waals surface area contributed by atoms with Crippen LogP contribution in [0.3, 0.4) is 0 Å². The molecule has 0 saturated heterocycles. The van der Waals surface area contributed by atoms with Gasteiger partial charge in [0.1, 0.15) is 12.0 Å². The Bertz CT molecular complexity index is 310. The van der Waals surface area contributed by atoms with E-state index in [1.165, 1.54) is 0 Å². The predicted octanol–water partition coefficient (Wildman–Crippen LogP) is 2.76. The van der Waals surface area contributed by atoms with Gasteiger partial charge in [0, 0.05) is 5.92 Å². The summed E-state index contributed by atoms with van der Waals surface area (Å²) in [5, 5.41) is 0. The monoisotopic (exact) mass is 242 g/mol. The van der Waals surface area contributed by atoms with Gasteiger partial charge in [0.05, 0.1) is 11.6 Å². The second kappa shape index (κ2) is 4.42. The van der Waals surface area contributed by atoms with Crippen molar-refractivity contribution in [2.75, 3.05) is 7.11 Å². The van der Waals surface area contributed by atoms with E-state index >= 15 is 0 Å². The van der Waals surface area contributed by atoms with Gasteiger partial charge in [-0.15, -0.1) is 0 Å². The molecule has 0 amide bonds. The van der Waals surface area contributed by atoms with Crippen molar-refractivity contribution in [1.82, 2.24) is 0 Å². The topological polar surface area (TPSA) is 26.3 Å². The highest BCUT2D eigenvalue weighted by molar-refractivity contribution is 9.10. The van der Waals surface area contributed by atoms with Crippen LogP contribution in [0.4, 0.5) is 0 Å². The lowest BCUT2D eigenvalue weighted by atomic mass is 10.0. The number of aldehydes is 1. The van der Waals surface area contributed by atoms with E-state index in [1.807, 2.05) is 25.1 Å². The summed E-state index contributed by atoms with van der Waals surface area (Å²) in [6.07, 6.45) is 0.919. The van der Waals surface area contributed by atoms with Crippen LogP contribution < -0.4 is 4.74 Å². The number of hydrogen-bond donors (Lipinski definition) is 0. The largest absolute Gasteiger partial charge is 0.496 e. The van der Waals surface area contributed by atoms with Gasteiger partial charge in [0.2, 0.25) is 0 Å². The summed E-state index contributed by atoms with van der Waals surface area (Å²) in [4.78, 5) is 10.5. The molecule has 0 aliphatic rings. The highest BCUT2D eigenvalue weighted by Gasteiger charge is 2.06. The first kappa shape index (κ1) is 10.3. The Labute approximate surface area is 86.0 Å². The average molecular weight is 243 g/mol. The molecule has 0 aromatic heterocycles. The van der Waals surface area contributed by atoms with Crippen molar-refractivity contribution in [3.05, 3.63) is 28.2 Å². The average Bonchev–Trinajstić information content (AvgIpc) is 2.17. The minimum atomic E-state index is -0.0815. The van der Waals surface area contributed by atoms with Gasteiger partial charge in [0.15, 0.2) is 0 Å². The van der Waals surface area contributed by atoms with Crippen LogP contribution >= 0.6 is 15.9 Å². The Morgan fingerprint density at radius 1 is 1.54 bits per heavy atom. The first-order valence-electron chi connectivity index (χ1n) is 3.97. The molecule has 70 valence electrons. The zero-order valence-corrected chi connectivity index (χ0v) is 9.17. The summed E-state index contributed by atoms with van der Waals surface area (Å²) in [7, 11) is 1.61. The highest BCUT2D eigenvalue weighted by Crippen LogP contribution is 2.28. The van der Waals surface area contributed by atoms with E-state index in [2.05, 4.69) is 15.9 Å². The van der Waals surface area contributed by atoms with E-state index in [4.69, 9.17) is 4.74 Å². The van der Waals surface area contributed by atoms with Gasteiger partial charge in [-0.05, 0) is 33.6 Å². The number of ether oxygens (including phenoxy) is 1. The molecule has 0 fully saturated rings. The zero-order chi connectivity index (χ0) is 9.84. The van der Waals surface area contributed by atoms with Crippen LogP contribution in [0.15, 0.2) is 22.7 Å². The molecule has 3 heteroatoms. The molecule has 0 radical (unpaired) electrons. The van der Waals surface area contributed by atoms with Gasteiger partial charge < -0.3 is 9.53 Å². The molecule has 1 unspecified atom stereocenters. The molecule has 1 aromatic carbocycles. The van der Waals surface area contributed by atoms with Gasteiger partial charge >= 0.3 is 0 Å². The van der Waals surface area contributed by atoms with Gasteiger partial charge in [-0.1, -0.05) is 13.0 Å². The van der Waals surface area contributed by atoms with Crippen LogP contribution in [0.1, 0.15) is 18.4 Å². The summed E-state index contributed by atoms with van der Waals surface area (Å²) in [6, 6.07) is 5.66. The third-order valence-corrected chi connectivity index (χ3v) is 2.56. The molecule has 0 aliphatic heterocycles. The Hall–Kier alpha value is -0.830. The van der Waals surface area contributed by atoms with E-state index in [0.29, 0.717) is 0 Å². The molecular weight excluding hydrogens is 232 g/mol. The van der Waals surface area contributed by atoms with Crippen LogP contribution in [0.2, 0.25) is 0 Å². The standard InChI is InChI=1S/C10H11BrO2/c1-7(6-12)8-3-4-9(11)10(5-8)13-2/h3-7H,1-2H3. The molecule has 0 saturated carbocycles. The third kappa shape index (κ3) is 2.31. The normalized spacial score (nSPS) is 12.2. The fourth-order valence-corrected chi connectivity index (χ4v) is 1.45. The van der Waals surface area contributed by atoms with Crippen molar-refractivity contribution in [2.24, 2.45) is 0 Å². The number of benzene rings is 1. The SMILES string of the molecule is COc1cc(C(C)C=O)ccc1Br. The Morgan fingerprint density at radius 2 is 2.23 bits per heavy atom. The summed E-state index contributed by atoms with van der Waals surface area (Å²) in [5.74, 6) is 0.674. The van der Waals surface area contributed by atoms with Gasteiger partial charge in [-0.25, -0.2) is 0 Å². The predicted molar refractivity (Wildman–Crippen MR) is 55.2 cm³/mol. The lowest BCUT2D eigenvalue weighted by Crippen LogP contribution is -1.95. The second-order valence-electron chi connectivity index (χ2n) is 2.82. The maximum absolute atomic E-state index is 10.5. The molecule has 2 nitrogen and oxygen atoms in total. The lowest BCUT2D eigenvalue weighted by molar-refractivity contribution is -0.108. The molecule has 1 atom stereocenters. The van der Waals surface area contributed by atoms with Crippen molar-refractivity contribution in [2.45, 2.75) is 12.8 Å². The van der Waals surface area contributed by atoms with Gasteiger partial charge in [0.25, 0.3) is 0 Å². The maximum Gasteiger partial charge on any atom is 0.133 e. The molecule has 0 aliphatic carbocycles. The number of carbonyl (C=O) groups is 1. The first-order chi connectivity index (χ1) is 6.19. The highest BCUT2D eigenvalue weighted by atomic mass is 79.9. The fourth-order valence-electron chi connectivity index (χ4n) is 1.04. The van der Waals surface area contributed by atoms with Crippen molar-refractivity contribution in [3.8, 4) is 5.75 Å². The minimum Gasteiger partial charge on any atom is -0.496 e. The van der Waals surface area contributed by atoms with Crippen LogP contribution in [0.5, 0.6) is 5.75 Å². The van der Waals surface area contributed by atoms with Crippen molar-refractivity contribution in [3.63, 3.8) is 0 Å². The molecule has 0 bridgehead atoms. The summed E-state index contributed by atoms with van der Waals surface area (Å²) in [5.41, 5.74) is 0.968. The van der Waals surface area contributed by atoms with Crippen LogP contribution in [-0.4, -0.2) is 13.4 Å². The summed E-state index contributed by atoms with van der Waals surface area (Å²) < 4.78 is 6.02. The van der Waals surface area contributed by atoms with Crippen LogP contribution in [0.25, 0.3) is 0 Å². The number of carbonyl (C=O) groups excluding carboxylic acids is 1. The number of hydrogen-bond acceptors (Lipinski definition) is 2. The van der Waals surface area contributed by atoms with Crippen LogP contribution in [-0.2, 0) is 4.79 Å². The maximum atomic E-state index is 10.5. The molecule has 1 rings (SSSR count). The third-order valence-electron chi connectivity index (χ3n) is 1.91. The molecule has 13 heavy (non-hydrogen) atoms. The van der Waals surface area contributed by atoms with E-state index in [9.17, 15) is 4.79 Å². The summed E-state index contributed by atoms with van der Waals surface area (Å²) >= 11 is 3.35. The Morgan fingerprint density at radius 3 is 2.77 bits per heavy atom. The quantitative estimate of drug-likeness (QED) is 0.763.